The van der Waals surface area contributed by atoms with Gasteiger partial charge < -0.3 is 14.4 Å². The van der Waals surface area contributed by atoms with E-state index >= 15 is 0 Å². The van der Waals surface area contributed by atoms with Gasteiger partial charge in [-0.2, -0.15) is 0 Å². The predicted octanol–water partition coefficient (Wildman–Crippen LogP) is 2.71. The molecule has 20 heavy (non-hydrogen) atoms. The van der Waals surface area contributed by atoms with Crippen molar-refractivity contribution in [2.75, 3.05) is 19.9 Å². The molecule has 0 N–H and O–H groups in total. The lowest BCUT2D eigenvalue weighted by Crippen LogP contribution is -2.45. The van der Waals surface area contributed by atoms with Crippen molar-refractivity contribution >= 4 is 5.91 Å². The highest BCUT2D eigenvalue weighted by atomic mass is 16.7. The molecule has 0 aromatic heterocycles. The van der Waals surface area contributed by atoms with Crippen LogP contribution < -0.4 is 9.47 Å². The van der Waals surface area contributed by atoms with Crippen LogP contribution in [0.3, 0.4) is 0 Å². The molecule has 0 unspecified atom stereocenters. The zero-order valence-electron chi connectivity index (χ0n) is 12.1. The number of benzene rings is 1. The van der Waals surface area contributed by atoms with Crippen molar-refractivity contribution in [3.8, 4) is 11.5 Å². The Hall–Kier alpha value is -1.71. The topological polar surface area (TPSA) is 38.8 Å². The van der Waals surface area contributed by atoms with E-state index in [1.807, 2.05) is 36.9 Å². The van der Waals surface area contributed by atoms with Gasteiger partial charge in [0.1, 0.15) is 0 Å². The van der Waals surface area contributed by atoms with Crippen molar-refractivity contribution in [1.82, 2.24) is 4.90 Å². The fraction of sp³-hybridized carbons (Fsp3) is 0.562. The van der Waals surface area contributed by atoms with Crippen LogP contribution in [0.15, 0.2) is 18.2 Å². The van der Waals surface area contributed by atoms with Crippen LogP contribution >= 0.6 is 0 Å². The third kappa shape index (κ3) is 2.23. The average Bonchev–Trinajstić information content (AvgIpc) is 2.94. The summed E-state index contributed by atoms with van der Waals surface area (Å²) in [5.74, 6) is 1.70. The molecule has 0 aliphatic carbocycles. The standard InChI is InChI=1S/C16H21NO3/c1-16(2,15(18)17-8-4-3-5-9-17)12-6-7-13-14(10-12)20-11-19-13/h6-7,10H,3-5,8-9,11H2,1-2H3. The zero-order valence-corrected chi connectivity index (χ0v) is 12.1. The molecule has 4 heteroatoms. The quantitative estimate of drug-likeness (QED) is 0.833. The van der Waals surface area contributed by atoms with Crippen LogP contribution in [0.1, 0.15) is 38.7 Å². The largest absolute Gasteiger partial charge is 0.454 e. The molecule has 2 aliphatic rings. The number of hydrogen-bond acceptors (Lipinski definition) is 3. The van der Waals surface area contributed by atoms with E-state index in [4.69, 9.17) is 9.47 Å². The molecule has 0 atom stereocenters. The molecule has 2 aliphatic heterocycles. The Morgan fingerprint density at radius 1 is 1.10 bits per heavy atom. The van der Waals surface area contributed by atoms with Crippen LogP contribution in [-0.4, -0.2) is 30.7 Å². The lowest BCUT2D eigenvalue weighted by molar-refractivity contribution is -0.137. The maximum absolute atomic E-state index is 12.8. The molecule has 0 saturated carbocycles. The summed E-state index contributed by atoms with van der Waals surface area (Å²) in [6, 6.07) is 5.79. The molecule has 2 heterocycles. The Morgan fingerprint density at radius 3 is 2.55 bits per heavy atom. The van der Waals surface area contributed by atoms with Gasteiger partial charge >= 0.3 is 0 Å². The van der Waals surface area contributed by atoms with Crippen LogP contribution in [0.2, 0.25) is 0 Å². The van der Waals surface area contributed by atoms with E-state index in [9.17, 15) is 4.79 Å². The number of ether oxygens (including phenoxy) is 2. The Labute approximate surface area is 119 Å². The molecule has 1 aromatic carbocycles. The van der Waals surface area contributed by atoms with E-state index in [-0.39, 0.29) is 12.7 Å². The molecule has 0 spiro atoms. The Morgan fingerprint density at radius 2 is 1.80 bits per heavy atom. The lowest BCUT2D eigenvalue weighted by Gasteiger charge is -2.34. The molecule has 1 fully saturated rings. The first kappa shape index (κ1) is 13.3. The molecule has 0 radical (unpaired) electrons. The second-order valence-electron chi connectivity index (χ2n) is 6.05. The normalized spacial score (nSPS) is 18.2. The summed E-state index contributed by atoms with van der Waals surface area (Å²) in [6.07, 6.45) is 3.46. The van der Waals surface area contributed by atoms with Crippen LogP contribution in [0.5, 0.6) is 11.5 Å². The molecule has 4 nitrogen and oxygen atoms in total. The van der Waals surface area contributed by atoms with E-state index in [1.165, 1.54) is 6.42 Å². The smallest absolute Gasteiger partial charge is 0.232 e. The summed E-state index contributed by atoms with van der Waals surface area (Å²) >= 11 is 0. The van der Waals surface area contributed by atoms with Gasteiger partial charge in [-0.15, -0.1) is 0 Å². The minimum atomic E-state index is -0.529. The predicted molar refractivity (Wildman–Crippen MR) is 76.0 cm³/mol. The first-order chi connectivity index (χ1) is 9.59. The maximum atomic E-state index is 12.8. The van der Waals surface area contributed by atoms with Crippen LogP contribution in [-0.2, 0) is 10.2 Å². The van der Waals surface area contributed by atoms with Crippen LogP contribution in [0.25, 0.3) is 0 Å². The number of carbonyl (C=O) groups is 1. The highest BCUT2D eigenvalue weighted by Gasteiger charge is 2.35. The van der Waals surface area contributed by atoms with Gasteiger partial charge in [-0.25, -0.2) is 0 Å². The number of fused-ring (bicyclic) bond motifs is 1. The minimum Gasteiger partial charge on any atom is -0.454 e. The molecule has 108 valence electrons. The number of hydrogen-bond donors (Lipinski definition) is 0. The molecule has 1 saturated heterocycles. The van der Waals surface area contributed by atoms with Gasteiger partial charge in [-0.1, -0.05) is 6.07 Å². The fourth-order valence-corrected chi connectivity index (χ4v) is 2.90. The van der Waals surface area contributed by atoms with Crippen molar-refractivity contribution in [2.45, 2.75) is 38.5 Å². The third-order valence-electron chi connectivity index (χ3n) is 4.27. The summed E-state index contributed by atoms with van der Waals surface area (Å²) in [7, 11) is 0. The van der Waals surface area contributed by atoms with Crippen molar-refractivity contribution in [2.24, 2.45) is 0 Å². The summed E-state index contributed by atoms with van der Waals surface area (Å²) in [4.78, 5) is 14.8. The van der Waals surface area contributed by atoms with Gasteiger partial charge in [0.25, 0.3) is 0 Å². The lowest BCUT2D eigenvalue weighted by atomic mass is 9.82. The Bertz CT molecular complexity index is 518. The third-order valence-corrected chi connectivity index (χ3v) is 4.27. The molecule has 1 amide bonds. The molecule has 1 aromatic rings. The van der Waals surface area contributed by atoms with E-state index in [1.54, 1.807) is 0 Å². The van der Waals surface area contributed by atoms with E-state index in [0.717, 1.165) is 43.0 Å². The summed E-state index contributed by atoms with van der Waals surface area (Å²) in [5, 5.41) is 0. The second-order valence-corrected chi connectivity index (χ2v) is 6.05. The zero-order chi connectivity index (χ0) is 14.2. The molecule has 0 bridgehead atoms. The number of nitrogens with zero attached hydrogens (tertiary/aromatic N) is 1. The maximum Gasteiger partial charge on any atom is 0.232 e. The van der Waals surface area contributed by atoms with E-state index < -0.39 is 5.41 Å². The highest BCUT2D eigenvalue weighted by molar-refractivity contribution is 5.87. The van der Waals surface area contributed by atoms with Crippen molar-refractivity contribution < 1.29 is 14.3 Å². The average molecular weight is 275 g/mol. The SMILES string of the molecule is CC(C)(C(=O)N1CCCCC1)c1ccc2c(c1)OCO2. The van der Waals surface area contributed by atoms with Crippen LogP contribution in [0, 0.1) is 0 Å². The van der Waals surface area contributed by atoms with Crippen molar-refractivity contribution in [3.63, 3.8) is 0 Å². The minimum absolute atomic E-state index is 0.205. The van der Waals surface area contributed by atoms with Gasteiger partial charge in [0.05, 0.1) is 5.41 Å². The van der Waals surface area contributed by atoms with Gasteiger partial charge in [0.15, 0.2) is 11.5 Å². The van der Waals surface area contributed by atoms with Crippen molar-refractivity contribution in [1.29, 1.82) is 0 Å². The molecule has 3 rings (SSSR count). The molecular weight excluding hydrogens is 254 g/mol. The first-order valence-corrected chi connectivity index (χ1v) is 7.28. The number of piperidine rings is 1. The number of carbonyl (C=O) groups excluding carboxylic acids is 1. The van der Waals surface area contributed by atoms with Crippen molar-refractivity contribution in [3.05, 3.63) is 23.8 Å². The monoisotopic (exact) mass is 275 g/mol. The van der Waals surface area contributed by atoms with E-state index in [2.05, 4.69) is 0 Å². The van der Waals surface area contributed by atoms with Gasteiger partial charge in [-0.05, 0) is 50.8 Å². The molecular formula is C16H21NO3. The fourth-order valence-electron chi connectivity index (χ4n) is 2.90. The Kier molecular flexibility index (Phi) is 3.32. The van der Waals surface area contributed by atoms with Gasteiger partial charge in [0, 0.05) is 13.1 Å². The number of likely N-dealkylation sites (tertiary alicyclic amines) is 1. The summed E-state index contributed by atoms with van der Waals surface area (Å²) in [6.45, 7) is 6.00. The number of rotatable bonds is 2. The van der Waals surface area contributed by atoms with E-state index in [0.29, 0.717) is 0 Å². The second kappa shape index (κ2) is 5.00. The van der Waals surface area contributed by atoms with Gasteiger partial charge in [0.2, 0.25) is 12.7 Å². The number of amides is 1. The Balaban J connectivity index is 1.84. The van der Waals surface area contributed by atoms with Gasteiger partial charge in [-0.3, -0.25) is 4.79 Å². The highest BCUT2D eigenvalue weighted by Crippen LogP contribution is 2.37. The summed E-state index contributed by atoms with van der Waals surface area (Å²) in [5.41, 5.74) is 0.454. The van der Waals surface area contributed by atoms with Crippen LogP contribution in [0.4, 0.5) is 0 Å². The summed E-state index contributed by atoms with van der Waals surface area (Å²) < 4.78 is 10.7. The first-order valence-electron chi connectivity index (χ1n) is 7.28.